The van der Waals surface area contributed by atoms with Gasteiger partial charge in [-0.3, -0.25) is 9.78 Å². The molecule has 3 rings (SSSR count). The summed E-state index contributed by atoms with van der Waals surface area (Å²) in [6.45, 7) is 3.37. The minimum absolute atomic E-state index is 0.0353. The Morgan fingerprint density at radius 3 is 2.87 bits per heavy atom. The highest BCUT2D eigenvalue weighted by Gasteiger charge is 2.34. The van der Waals surface area contributed by atoms with Gasteiger partial charge < -0.3 is 10.6 Å². The van der Waals surface area contributed by atoms with Crippen LogP contribution in [-0.2, 0) is 4.79 Å². The smallest absolute Gasteiger partial charge is 0.225 e. The molecule has 2 aromatic rings. The number of rotatable bonds is 4. The highest BCUT2D eigenvalue weighted by Crippen LogP contribution is 2.29. The zero-order valence-electron chi connectivity index (χ0n) is 12.9. The van der Waals surface area contributed by atoms with E-state index in [1.54, 1.807) is 18.5 Å². The van der Waals surface area contributed by atoms with Crippen molar-refractivity contribution in [2.45, 2.75) is 18.9 Å². The van der Waals surface area contributed by atoms with Crippen LogP contribution in [0.2, 0.25) is 5.15 Å². The van der Waals surface area contributed by atoms with Crippen LogP contribution in [0.4, 0.5) is 0 Å². The highest BCUT2D eigenvalue weighted by molar-refractivity contribution is 6.29. The van der Waals surface area contributed by atoms with E-state index < -0.39 is 0 Å². The minimum atomic E-state index is -0.121. The van der Waals surface area contributed by atoms with Gasteiger partial charge in [-0.2, -0.15) is 0 Å². The molecular weight excluding hydrogens is 312 g/mol. The van der Waals surface area contributed by atoms with E-state index in [0.717, 1.165) is 17.8 Å². The van der Waals surface area contributed by atoms with Crippen LogP contribution in [0.5, 0.6) is 0 Å². The maximum Gasteiger partial charge on any atom is 0.225 e. The van der Waals surface area contributed by atoms with Crippen molar-refractivity contribution in [1.29, 1.82) is 0 Å². The molecule has 0 aliphatic carbocycles. The molecule has 3 heterocycles. The largest absolute Gasteiger partial charge is 0.348 e. The quantitative estimate of drug-likeness (QED) is 0.844. The van der Waals surface area contributed by atoms with Gasteiger partial charge in [-0.25, -0.2) is 4.98 Å². The number of hydrogen-bond acceptors (Lipinski definition) is 4. The Morgan fingerprint density at radius 2 is 2.17 bits per heavy atom. The average molecular weight is 331 g/mol. The van der Waals surface area contributed by atoms with E-state index in [4.69, 9.17) is 11.6 Å². The SMILES string of the molecule is CC(NC(=O)C1CNCC1c1ccc(Cl)nc1)c1ccccn1. The van der Waals surface area contributed by atoms with Crippen LogP contribution < -0.4 is 10.6 Å². The summed E-state index contributed by atoms with van der Waals surface area (Å²) in [5.41, 5.74) is 1.89. The van der Waals surface area contributed by atoms with E-state index in [0.29, 0.717) is 11.7 Å². The molecule has 1 saturated heterocycles. The first-order valence-electron chi connectivity index (χ1n) is 7.68. The monoisotopic (exact) mass is 330 g/mol. The molecule has 0 bridgehead atoms. The second kappa shape index (κ2) is 7.06. The van der Waals surface area contributed by atoms with Crippen LogP contribution in [-0.4, -0.2) is 29.0 Å². The number of halogens is 1. The van der Waals surface area contributed by atoms with E-state index in [1.165, 1.54) is 0 Å². The lowest BCUT2D eigenvalue weighted by atomic mass is 9.89. The van der Waals surface area contributed by atoms with Crippen molar-refractivity contribution in [3.05, 3.63) is 59.1 Å². The van der Waals surface area contributed by atoms with Crippen molar-refractivity contribution >= 4 is 17.5 Å². The van der Waals surface area contributed by atoms with Crippen molar-refractivity contribution in [3.8, 4) is 0 Å². The molecule has 2 N–H and O–H groups in total. The van der Waals surface area contributed by atoms with Crippen molar-refractivity contribution in [2.24, 2.45) is 5.92 Å². The molecule has 120 valence electrons. The van der Waals surface area contributed by atoms with E-state index in [-0.39, 0.29) is 23.8 Å². The van der Waals surface area contributed by atoms with Crippen LogP contribution in [0.15, 0.2) is 42.7 Å². The summed E-state index contributed by atoms with van der Waals surface area (Å²) in [7, 11) is 0. The van der Waals surface area contributed by atoms with Crippen molar-refractivity contribution in [3.63, 3.8) is 0 Å². The first-order chi connectivity index (χ1) is 11.1. The highest BCUT2D eigenvalue weighted by atomic mass is 35.5. The summed E-state index contributed by atoms with van der Waals surface area (Å²) in [5.74, 6) is 0.0212. The van der Waals surface area contributed by atoms with Crippen molar-refractivity contribution in [2.75, 3.05) is 13.1 Å². The number of nitrogens with one attached hydrogen (secondary N) is 2. The zero-order chi connectivity index (χ0) is 16.2. The summed E-state index contributed by atoms with van der Waals surface area (Å²) < 4.78 is 0. The van der Waals surface area contributed by atoms with Gasteiger partial charge in [-0.05, 0) is 30.7 Å². The molecule has 6 heteroatoms. The van der Waals surface area contributed by atoms with Crippen molar-refractivity contribution < 1.29 is 4.79 Å². The van der Waals surface area contributed by atoms with Gasteiger partial charge in [0, 0.05) is 31.4 Å². The molecule has 3 atom stereocenters. The lowest BCUT2D eigenvalue weighted by Crippen LogP contribution is -2.36. The lowest BCUT2D eigenvalue weighted by molar-refractivity contribution is -0.125. The second-order valence-electron chi connectivity index (χ2n) is 5.77. The molecule has 5 nitrogen and oxygen atoms in total. The Hall–Kier alpha value is -1.98. The number of carbonyl (C=O) groups is 1. The first kappa shape index (κ1) is 15.9. The summed E-state index contributed by atoms with van der Waals surface area (Å²) in [6.07, 6.45) is 3.49. The number of amides is 1. The van der Waals surface area contributed by atoms with Crippen LogP contribution >= 0.6 is 11.6 Å². The van der Waals surface area contributed by atoms with Gasteiger partial charge in [0.15, 0.2) is 0 Å². The van der Waals surface area contributed by atoms with Gasteiger partial charge in [0.25, 0.3) is 0 Å². The third-order valence-electron chi connectivity index (χ3n) is 4.22. The van der Waals surface area contributed by atoms with E-state index in [9.17, 15) is 4.79 Å². The summed E-state index contributed by atoms with van der Waals surface area (Å²) in [6, 6.07) is 9.29. The van der Waals surface area contributed by atoms with E-state index >= 15 is 0 Å². The standard InChI is InChI=1S/C17H19ClN4O/c1-11(15-4-2-3-7-20-15)22-17(23)14-10-19-9-13(14)12-5-6-16(18)21-8-12/h2-8,11,13-14,19H,9-10H2,1H3,(H,22,23). The molecule has 1 aliphatic rings. The van der Waals surface area contributed by atoms with Gasteiger partial charge in [-0.15, -0.1) is 0 Å². The van der Waals surface area contributed by atoms with Gasteiger partial charge >= 0.3 is 0 Å². The van der Waals surface area contributed by atoms with Gasteiger partial charge in [0.2, 0.25) is 5.91 Å². The maximum absolute atomic E-state index is 12.7. The minimum Gasteiger partial charge on any atom is -0.348 e. The van der Waals surface area contributed by atoms with Crippen LogP contribution in [0.3, 0.4) is 0 Å². The van der Waals surface area contributed by atoms with Gasteiger partial charge in [0.1, 0.15) is 5.15 Å². The number of hydrogen-bond donors (Lipinski definition) is 2. The van der Waals surface area contributed by atoms with E-state index in [1.807, 2.05) is 31.2 Å². The molecule has 23 heavy (non-hydrogen) atoms. The fourth-order valence-electron chi connectivity index (χ4n) is 2.94. The Bertz CT molecular complexity index is 662. The zero-order valence-corrected chi connectivity index (χ0v) is 13.6. The molecule has 3 unspecified atom stereocenters. The van der Waals surface area contributed by atoms with Crippen molar-refractivity contribution in [1.82, 2.24) is 20.6 Å². The Balaban J connectivity index is 1.69. The number of nitrogens with zero attached hydrogens (tertiary/aromatic N) is 2. The summed E-state index contributed by atoms with van der Waals surface area (Å²) >= 11 is 5.84. The normalized spacial score (nSPS) is 21.8. The predicted molar refractivity (Wildman–Crippen MR) is 89.1 cm³/mol. The molecule has 1 aliphatic heterocycles. The third-order valence-corrected chi connectivity index (χ3v) is 4.44. The fourth-order valence-corrected chi connectivity index (χ4v) is 3.05. The lowest BCUT2D eigenvalue weighted by Gasteiger charge is -2.21. The van der Waals surface area contributed by atoms with Gasteiger partial charge in [0.05, 0.1) is 17.7 Å². The first-order valence-corrected chi connectivity index (χ1v) is 8.06. The van der Waals surface area contributed by atoms with Crippen LogP contribution in [0, 0.1) is 5.92 Å². The molecular formula is C17H19ClN4O. The molecule has 0 spiro atoms. The van der Waals surface area contributed by atoms with Crippen LogP contribution in [0.1, 0.15) is 30.1 Å². The topological polar surface area (TPSA) is 66.9 Å². The molecule has 0 aromatic carbocycles. The predicted octanol–water partition coefficient (Wildman–Crippen LogP) is 2.31. The molecule has 0 saturated carbocycles. The molecule has 0 radical (unpaired) electrons. The Morgan fingerprint density at radius 1 is 1.30 bits per heavy atom. The average Bonchev–Trinajstić information content (AvgIpc) is 3.06. The number of pyridine rings is 2. The number of carbonyl (C=O) groups excluding carboxylic acids is 1. The summed E-state index contributed by atoms with van der Waals surface area (Å²) in [4.78, 5) is 21.1. The molecule has 1 amide bonds. The summed E-state index contributed by atoms with van der Waals surface area (Å²) in [5, 5.41) is 6.82. The third kappa shape index (κ3) is 3.68. The van der Waals surface area contributed by atoms with Crippen LogP contribution in [0.25, 0.3) is 0 Å². The Kier molecular flexibility index (Phi) is 4.88. The maximum atomic E-state index is 12.7. The van der Waals surface area contributed by atoms with E-state index in [2.05, 4.69) is 20.6 Å². The molecule has 1 fully saturated rings. The number of aromatic nitrogens is 2. The fraction of sp³-hybridized carbons (Fsp3) is 0.353. The molecule has 2 aromatic heterocycles. The Labute approximate surface area is 140 Å². The van der Waals surface area contributed by atoms with Gasteiger partial charge in [-0.1, -0.05) is 23.7 Å². The second-order valence-corrected chi connectivity index (χ2v) is 6.16.